The number of hydrogen-bond acceptors (Lipinski definition) is 9. The van der Waals surface area contributed by atoms with Crippen LogP contribution in [0.3, 0.4) is 0 Å². The second-order valence-electron chi connectivity index (χ2n) is 13.1. The second kappa shape index (κ2) is 15.4. The highest BCUT2D eigenvalue weighted by Crippen LogP contribution is 2.39. The van der Waals surface area contributed by atoms with Gasteiger partial charge in [-0.1, -0.05) is 25.5 Å². The normalized spacial score (nSPS) is 18.0. The Labute approximate surface area is 281 Å². The van der Waals surface area contributed by atoms with Gasteiger partial charge in [0.25, 0.3) is 0 Å². The van der Waals surface area contributed by atoms with Crippen LogP contribution in [0.5, 0.6) is 5.75 Å². The molecule has 3 heterocycles. The fourth-order valence-corrected chi connectivity index (χ4v) is 6.65. The second-order valence-corrected chi connectivity index (χ2v) is 13.1. The van der Waals surface area contributed by atoms with Gasteiger partial charge in [-0.15, -0.1) is 0 Å². The van der Waals surface area contributed by atoms with E-state index in [9.17, 15) is 13.2 Å². The number of hydrogen-bond donors (Lipinski definition) is 3. The Bertz CT molecular complexity index is 1610. The molecule has 0 amide bonds. The zero-order valence-electron chi connectivity index (χ0n) is 28.3. The smallest absolute Gasteiger partial charge is 0.164 e. The van der Waals surface area contributed by atoms with Gasteiger partial charge in [0.15, 0.2) is 17.5 Å². The van der Waals surface area contributed by atoms with Crippen LogP contribution in [-0.2, 0) is 11.3 Å². The van der Waals surface area contributed by atoms with E-state index in [2.05, 4.69) is 32.4 Å². The van der Waals surface area contributed by atoms with E-state index in [1.165, 1.54) is 23.7 Å². The molecule has 1 aromatic heterocycles. The number of rotatable bonds is 15. The molecular formula is C36H46F3N7O2. The lowest BCUT2D eigenvalue weighted by Crippen LogP contribution is -2.59. The maximum Gasteiger partial charge on any atom is 0.164 e. The van der Waals surface area contributed by atoms with E-state index in [0.29, 0.717) is 53.5 Å². The number of nitrogens with one attached hydrogen (secondary N) is 3. The van der Waals surface area contributed by atoms with E-state index in [1.54, 1.807) is 32.5 Å². The predicted molar refractivity (Wildman–Crippen MR) is 183 cm³/mol. The summed E-state index contributed by atoms with van der Waals surface area (Å²) in [6.07, 6.45) is 7.73. The molecule has 2 atom stereocenters. The number of alkyl halides is 1. The van der Waals surface area contributed by atoms with Crippen LogP contribution in [0.2, 0.25) is 0 Å². The van der Waals surface area contributed by atoms with Crippen molar-refractivity contribution >= 4 is 29.1 Å². The lowest BCUT2D eigenvalue weighted by atomic mass is 9.78. The molecular weight excluding hydrogens is 619 g/mol. The summed E-state index contributed by atoms with van der Waals surface area (Å²) in [4.78, 5) is 16.8. The van der Waals surface area contributed by atoms with Gasteiger partial charge in [0, 0.05) is 61.7 Å². The van der Waals surface area contributed by atoms with E-state index < -0.39 is 23.2 Å². The minimum absolute atomic E-state index is 0.196. The van der Waals surface area contributed by atoms with Crippen molar-refractivity contribution in [3.8, 4) is 5.75 Å². The SMILES string of the molecule is CCC(CCc1cc(OC)c(Nc2cc(N3OCC[C@@H]3c3cccc(F)c3F)ncn2)cc1/C(C=N)=C/NC)C1CN(C(C)(C)CF)C1. The molecule has 12 heteroatoms. The number of ether oxygens (including phenoxy) is 1. The summed E-state index contributed by atoms with van der Waals surface area (Å²) in [6.45, 7) is 7.90. The predicted octanol–water partition coefficient (Wildman–Crippen LogP) is 7.24. The van der Waals surface area contributed by atoms with Crippen molar-refractivity contribution in [2.45, 2.75) is 58.0 Å². The lowest BCUT2D eigenvalue weighted by Gasteiger charge is -2.50. The van der Waals surface area contributed by atoms with Crippen molar-refractivity contribution in [3.63, 3.8) is 0 Å². The summed E-state index contributed by atoms with van der Waals surface area (Å²) >= 11 is 0. The lowest BCUT2D eigenvalue weighted by molar-refractivity contribution is -0.0340. The van der Waals surface area contributed by atoms with Gasteiger partial charge in [-0.3, -0.25) is 9.74 Å². The Hall–Kier alpha value is -4.16. The van der Waals surface area contributed by atoms with Crippen molar-refractivity contribution in [2.24, 2.45) is 11.8 Å². The van der Waals surface area contributed by atoms with Gasteiger partial charge in [-0.05, 0) is 67.9 Å². The minimum atomic E-state index is -0.912. The molecule has 0 radical (unpaired) electrons. The highest BCUT2D eigenvalue weighted by Gasteiger charge is 2.40. The molecule has 5 rings (SSSR count). The van der Waals surface area contributed by atoms with Crippen LogP contribution in [0.4, 0.5) is 30.5 Å². The van der Waals surface area contributed by atoms with E-state index in [0.717, 1.165) is 49.5 Å². The molecule has 0 aliphatic carbocycles. The van der Waals surface area contributed by atoms with Crippen LogP contribution in [0.1, 0.15) is 62.8 Å². The Morgan fingerprint density at radius 2 is 2.00 bits per heavy atom. The van der Waals surface area contributed by atoms with E-state index in [4.69, 9.17) is 15.0 Å². The molecule has 2 fully saturated rings. The van der Waals surface area contributed by atoms with Crippen LogP contribution in [0, 0.1) is 28.9 Å². The van der Waals surface area contributed by atoms with E-state index in [-0.39, 0.29) is 12.2 Å². The van der Waals surface area contributed by atoms with Gasteiger partial charge in [-0.2, -0.15) is 0 Å². The molecule has 9 nitrogen and oxygen atoms in total. The van der Waals surface area contributed by atoms with Crippen LogP contribution in [0.15, 0.2) is 48.9 Å². The quantitative estimate of drug-likeness (QED) is 0.146. The van der Waals surface area contributed by atoms with Crippen LogP contribution in [-0.4, -0.2) is 67.1 Å². The maximum atomic E-state index is 14.7. The number of methoxy groups -OCH3 is 1. The summed E-state index contributed by atoms with van der Waals surface area (Å²) in [7, 11) is 3.41. The van der Waals surface area contributed by atoms with Crippen molar-refractivity contribution in [1.29, 1.82) is 5.41 Å². The Morgan fingerprint density at radius 3 is 2.69 bits per heavy atom. The molecule has 2 aromatic carbocycles. The monoisotopic (exact) mass is 665 g/mol. The summed E-state index contributed by atoms with van der Waals surface area (Å²) in [5, 5.41) is 16.1. The van der Waals surface area contributed by atoms with Crippen molar-refractivity contribution in [2.75, 3.05) is 50.9 Å². The highest BCUT2D eigenvalue weighted by atomic mass is 19.2. The topological polar surface area (TPSA) is 98.6 Å². The third-order valence-electron chi connectivity index (χ3n) is 9.65. The van der Waals surface area contributed by atoms with E-state index in [1.807, 2.05) is 26.0 Å². The first-order valence-corrected chi connectivity index (χ1v) is 16.5. The van der Waals surface area contributed by atoms with Gasteiger partial charge in [-0.25, -0.2) is 28.2 Å². The first-order valence-electron chi connectivity index (χ1n) is 16.5. The van der Waals surface area contributed by atoms with Gasteiger partial charge in [0.05, 0.1) is 25.4 Å². The zero-order chi connectivity index (χ0) is 34.4. The van der Waals surface area contributed by atoms with E-state index >= 15 is 0 Å². The fraction of sp³-hybridized carbons (Fsp3) is 0.472. The first kappa shape index (κ1) is 35.2. The number of allylic oxidation sites excluding steroid dienone is 1. The standard InChI is InChI=1S/C36H46F3N7O2/c1-6-23(26-19-45(20-26)36(2,3)21-37)10-11-24-14-32(47-5)30(15-28(24)25(17-40)18-41-4)44-33-16-34(43-22-42-33)46-31(12-13-48-46)27-8-7-9-29(38)35(27)39/h7-9,14-18,22-23,26,31,40-41H,6,10-13,19-21H2,1-5H3,(H,42,43,44)/b25-18+,40-17?/t23?,31-/m1/s1. The van der Waals surface area contributed by atoms with Crippen LogP contribution in [0.25, 0.3) is 5.57 Å². The van der Waals surface area contributed by atoms with Crippen LogP contribution < -0.4 is 20.4 Å². The average Bonchev–Trinajstić information content (AvgIpc) is 3.56. The van der Waals surface area contributed by atoms with Gasteiger partial charge in [0.1, 0.15) is 24.6 Å². The molecule has 2 saturated heterocycles. The summed E-state index contributed by atoms with van der Waals surface area (Å²) < 4.78 is 48.1. The fourth-order valence-electron chi connectivity index (χ4n) is 6.65. The minimum Gasteiger partial charge on any atom is -0.495 e. The van der Waals surface area contributed by atoms with Gasteiger partial charge < -0.3 is 20.8 Å². The molecule has 0 bridgehead atoms. The maximum absolute atomic E-state index is 14.7. The summed E-state index contributed by atoms with van der Waals surface area (Å²) in [5.74, 6) is 0.626. The molecule has 258 valence electrons. The Balaban J connectivity index is 1.39. The Morgan fingerprint density at radius 1 is 1.21 bits per heavy atom. The number of likely N-dealkylation sites (tertiary alicyclic amines) is 1. The number of nitrogens with zero attached hydrogens (tertiary/aromatic N) is 4. The van der Waals surface area contributed by atoms with Crippen molar-refractivity contribution in [3.05, 3.63) is 77.3 Å². The number of hydroxylamine groups is 1. The van der Waals surface area contributed by atoms with Crippen molar-refractivity contribution in [1.82, 2.24) is 20.2 Å². The number of anilines is 3. The summed E-state index contributed by atoms with van der Waals surface area (Å²) in [5.41, 5.74) is 3.04. The molecule has 2 aliphatic rings. The van der Waals surface area contributed by atoms with Gasteiger partial charge >= 0.3 is 0 Å². The molecule has 48 heavy (non-hydrogen) atoms. The number of halogens is 3. The molecule has 1 unspecified atom stereocenters. The number of aromatic nitrogens is 2. The van der Waals surface area contributed by atoms with Gasteiger partial charge in [0.2, 0.25) is 0 Å². The van der Waals surface area contributed by atoms with Crippen LogP contribution >= 0.6 is 0 Å². The molecule has 2 aliphatic heterocycles. The van der Waals surface area contributed by atoms with Crippen molar-refractivity contribution < 1.29 is 22.7 Å². The molecule has 0 spiro atoms. The largest absolute Gasteiger partial charge is 0.495 e. The number of benzene rings is 2. The third-order valence-corrected chi connectivity index (χ3v) is 9.65. The number of aryl methyl sites for hydroxylation is 1. The first-order chi connectivity index (χ1) is 23.1. The third kappa shape index (κ3) is 7.44. The average molecular weight is 666 g/mol. The molecule has 3 aromatic rings. The summed E-state index contributed by atoms with van der Waals surface area (Å²) in [6, 6.07) is 9.21. The molecule has 0 saturated carbocycles. The Kier molecular flexibility index (Phi) is 11.3. The molecule has 3 N–H and O–H groups in total. The zero-order valence-corrected chi connectivity index (χ0v) is 28.3. The highest BCUT2D eigenvalue weighted by molar-refractivity contribution is 6.09.